The summed E-state index contributed by atoms with van der Waals surface area (Å²) in [6.07, 6.45) is 3.92. The molecule has 4 heteroatoms. The number of amides is 1. The molecule has 1 heterocycles. The monoisotopic (exact) mass is 224 g/mol. The Kier molecular flexibility index (Phi) is 2.64. The fourth-order valence-electron chi connectivity index (χ4n) is 3.46. The van der Waals surface area contributed by atoms with Crippen LogP contribution < -0.4 is 5.73 Å². The van der Waals surface area contributed by atoms with Crippen LogP contribution >= 0.6 is 0 Å². The number of nitrogens with zero attached hydrogens (tertiary/aromatic N) is 1. The van der Waals surface area contributed by atoms with Gasteiger partial charge in [0.15, 0.2) is 0 Å². The summed E-state index contributed by atoms with van der Waals surface area (Å²) in [5.41, 5.74) is 5.59. The van der Waals surface area contributed by atoms with Crippen molar-refractivity contribution in [2.75, 3.05) is 26.2 Å². The van der Waals surface area contributed by atoms with E-state index in [1.165, 1.54) is 19.3 Å². The first kappa shape index (κ1) is 10.5. The summed E-state index contributed by atoms with van der Waals surface area (Å²) in [7, 11) is 0. The minimum absolute atomic E-state index is 0.0521. The highest BCUT2D eigenvalue weighted by Crippen LogP contribution is 2.58. The number of morpholine rings is 1. The fourth-order valence-corrected chi connectivity index (χ4v) is 3.46. The van der Waals surface area contributed by atoms with E-state index in [1.807, 2.05) is 4.90 Å². The van der Waals surface area contributed by atoms with E-state index in [0.717, 1.165) is 6.54 Å². The van der Waals surface area contributed by atoms with Crippen molar-refractivity contribution in [1.29, 1.82) is 0 Å². The van der Waals surface area contributed by atoms with Crippen LogP contribution in [0.1, 0.15) is 19.3 Å². The lowest BCUT2D eigenvalue weighted by Gasteiger charge is -2.32. The van der Waals surface area contributed by atoms with Gasteiger partial charge < -0.3 is 15.4 Å². The van der Waals surface area contributed by atoms with Gasteiger partial charge in [0.1, 0.15) is 0 Å². The Morgan fingerprint density at radius 3 is 2.81 bits per heavy atom. The maximum atomic E-state index is 12.3. The van der Waals surface area contributed by atoms with Crippen LogP contribution in [0.25, 0.3) is 0 Å². The normalized spacial score (nSPS) is 41.9. The molecule has 1 aliphatic heterocycles. The quantitative estimate of drug-likeness (QED) is 0.730. The van der Waals surface area contributed by atoms with Gasteiger partial charge >= 0.3 is 0 Å². The van der Waals surface area contributed by atoms with E-state index < -0.39 is 0 Å². The van der Waals surface area contributed by atoms with Crippen molar-refractivity contribution in [3.8, 4) is 0 Å². The molecule has 3 unspecified atom stereocenters. The van der Waals surface area contributed by atoms with Crippen molar-refractivity contribution < 1.29 is 9.53 Å². The zero-order chi connectivity index (χ0) is 11.1. The number of hydrogen-bond acceptors (Lipinski definition) is 3. The Morgan fingerprint density at radius 2 is 2.12 bits per heavy atom. The molecular formula is C12H20N2O2. The Morgan fingerprint density at radius 1 is 1.38 bits per heavy atom. The van der Waals surface area contributed by atoms with E-state index in [4.69, 9.17) is 10.5 Å². The number of ether oxygens (including phenoxy) is 1. The topological polar surface area (TPSA) is 55.6 Å². The summed E-state index contributed by atoms with van der Waals surface area (Å²) in [5, 5.41) is 0. The highest BCUT2D eigenvalue weighted by Gasteiger charge is 2.57. The lowest BCUT2D eigenvalue weighted by atomic mass is 10.1. The van der Waals surface area contributed by atoms with Gasteiger partial charge in [-0.05, 0) is 24.7 Å². The number of hydrogen-bond donors (Lipinski definition) is 1. The molecule has 0 aromatic rings. The lowest BCUT2D eigenvalue weighted by Crippen LogP contribution is -2.49. The van der Waals surface area contributed by atoms with E-state index in [1.54, 1.807) is 0 Å². The average Bonchev–Trinajstić information content (AvgIpc) is 2.81. The van der Waals surface area contributed by atoms with Crippen molar-refractivity contribution in [3.05, 3.63) is 0 Å². The van der Waals surface area contributed by atoms with Crippen molar-refractivity contribution in [3.63, 3.8) is 0 Å². The van der Waals surface area contributed by atoms with E-state index in [0.29, 0.717) is 43.4 Å². The molecule has 1 saturated heterocycles. The maximum Gasteiger partial charge on any atom is 0.226 e. The molecule has 0 aromatic carbocycles. The predicted octanol–water partition coefficient (Wildman–Crippen LogP) is 0.219. The summed E-state index contributed by atoms with van der Waals surface area (Å²) in [4.78, 5) is 14.2. The largest absolute Gasteiger partial charge is 0.373 e. The van der Waals surface area contributed by atoms with Crippen LogP contribution in [0.3, 0.4) is 0 Å². The molecule has 0 radical (unpaired) electrons. The second-order valence-corrected chi connectivity index (χ2v) is 5.30. The van der Waals surface area contributed by atoms with Gasteiger partial charge in [-0.15, -0.1) is 0 Å². The van der Waals surface area contributed by atoms with Gasteiger partial charge in [0, 0.05) is 25.6 Å². The summed E-state index contributed by atoms with van der Waals surface area (Å²) >= 11 is 0. The van der Waals surface area contributed by atoms with Crippen LogP contribution in [0.4, 0.5) is 0 Å². The van der Waals surface area contributed by atoms with Crippen LogP contribution in [0.2, 0.25) is 0 Å². The molecule has 1 amide bonds. The first-order chi connectivity index (χ1) is 7.81. The van der Waals surface area contributed by atoms with E-state index in [9.17, 15) is 4.79 Å². The highest BCUT2D eigenvalue weighted by molar-refractivity contribution is 5.82. The van der Waals surface area contributed by atoms with E-state index >= 15 is 0 Å². The zero-order valence-corrected chi connectivity index (χ0v) is 9.60. The third-order valence-corrected chi connectivity index (χ3v) is 4.41. The molecule has 0 aromatic heterocycles. The molecule has 2 aliphatic carbocycles. The van der Waals surface area contributed by atoms with Gasteiger partial charge in [-0.2, -0.15) is 0 Å². The first-order valence-corrected chi connectivity index (χ1v) is 6.41. The average molecular weight is 224 g/mol. The Labute approximate surface area is 96.1 Å². The number of nitrogens with two attached hydrogens (primary N) is 1. The Bertz CT molecular complexity index is 285. The molecule has 2 saturated carbocycles. The van der Waals surface area contributed by atoms with Gasteiger partial charge in [0.2, 0.25) is 5.91 Å². The van der Waals surface area contributed by atoms with Gasteiger partial charge in [0.25, 0.3) is 0 Å². The number of rotatable bonds is 2. The molecule has 2 N–H and O–H groups in total. The standard InChI is InChI=1S/C12H20N2O2/c13-6-8-7-14(4-5-16-8)12(15)11-9-2-1-3-10(9)11/h8-11H,1-7,13H2. The SMILES string of the molecule is NCC1CN(C(=O)C2C3CCCC32)CCO1. The van der Waals surface area contributed by atoms with Crippen LogP contribution in [0, 0.1) is 17.8 Å². The van der Waals surface area contributed by atoms with Gasteiger partial charge in [-0.25, -0.2) is 0 Å². The molecule has 0 spiro atoms. The van der Waals surface area contributed by atoms with Crippen molar-refractivity contribution in [1.82, 2.24) is 4.90 Å². The van der Waals surface area contributed by atoms with Gasteiger partial charge in [0.05, 0.1) is 12.7 Å². The minimum atomic E-state index is 0.0521. The van der Waals surface area contributed by atoms with Gasteiger partial charge in [-0.3, -0.25) is 4.79 Å². The number of carbonyl (C=O) groups is 1. The third-order valence-electron chi connectivity index (χ3n) is 4.41. The van der Waals surface area contributed by atoms with Crippen LogP contribution in [-0.4, -0.2) is 43.2 Å². The molecule has 16 heavy (non-hydrogen) atoms. The molecule has 3 fully saturated rings. The van der Waals surface area contributed by atoms with Crippen LogP contribution in [0.5, 0.6) is 0 Å². The van der Waals surface area contributed by atoms with Crippen LogP contribution in [-0.2, 0) is 9.53 Å². The molecule has 0 bridgehead atoms. The fraction of sp³-hybridized carbons (Fsp3) is 0.917. The predicted molar refractivity (Wildman–Crippen MR) is 59.7 cm³/mol. The van der Waals surface area contributed by atoms with E-state index in [-0.39, 0.29) is 6.10 Å². The Hall–Kier alpha value is -0.610. The maximum absolute atomic E-state index is 12.3. The smallest absolute Gasteiger partial charge is 0.226 e. The molecular weight excluding hydrogens is 204 g/mol. The third kappa shape index (κ3) is 1.64. The van der Waals surface area contributed by atoms with Crippen molar-refractivity contribution >= 4 is 5.91 Å². The zero-order valence-electron chi connectivity index (χ0n) is 9.60. The molecule has 4 nitrogen and oxygen atoms in total. The molecule has 3 aliphatic rings. The summed E-state index contributed by atoms with van der Waals surface area (Å²) < 4.78 is 5.48. The lowest BCUT2D eigenvalue weighted by molar-refractivity contribution is -0.140. The first-order valence-electron chi connectivity index (χ1n) is 6.41. The summed E-state index contributed by atoms with van der Waals surface area (Å²) in [6.45, 7) is 2.62. The van der Waals surface area contributed by atoms with Crippen LogP contribution in [0.15, 0.2) is 0 Å². The second-order valence-electron chi connectivity index (χ2n) is 5.30. The molecule has 90 valence electrons. The molecule has 3 atom stereocenters. The minimum Gasteiger partial charge on any atom is -0.373 e. The van der Waals surface area contributed by atoms with E-state index in [2.05, 4.69) is 0 Å². The van der Waals surface area contributed by atoms with Gasteiger partial charge in [-0.1, -0.05) is 6.42 Å². The molecule has 3 rings (SSSR count). The number of fused-ring (bicyclic) bond motifs is 1. The second kappa shape index (κ2) is 4.00. The summed E-state index contributed by atoms with van der Waals surface area (Å²) in [6, 6.07) is 0. The highest BCUT2D eigenvalue weighted by atomic mass is 16.5. The van der Waals surface area contributed by atoms with Crippen molar-refractivity contribution in [2.24, 2.45) is 23.5 Å². The number of carbonyl (C=O) groups excluding carboxylic acids is 1. The Balaban J connectivity index is 1.58. The summed E-state index contributed by atoms with van der Waals surface area (Å²) in [5.74, 6) is 2.15. The van der Waals surface area contributed by atoms with Crippen molar-refractivity contribution in [2.45, 2.75) is 25.4 Å².